The molecule has 0 aliphatic rings. The Balaban J connectivity index is 1.52. The van der Waals surface area contributed by atoms with Crippen LogP contribution in [0.1, 0.15) is 28.7 Å². The SMILES string of the molecule is CCc1ccc(NC(=O)CSc2nnc(CNC(=O)c3ccc(OC)c(OC)c3)n2C)cc1. The Labute approximate surface area is 196 Å². The number of carbonyl (C=O) groups excluding carboxylic acids is 2. The maximum Gasteiger partial charge on any atom is 0.251 e. The third kappa shape index (κ3) is 6.26. The monoisotopic (exact) mass is 469 g/mol. The van der Waals surface area contributed by atoms with Crippen LogP contribution < -0.4 is 20.1 Å². The number of nitrogens with zero attached hydrogens (tertiary/aromatic N) is 3. The third-order valence-corrected chi connectivity index (χ3v) is 5.98. The van der Waals surface area contributed by atoms with Crippen LogP contribution in [0.2, 0.25) is 0 Å². The molecule has 2 aromatic carbocycles. The van der Waals surface area contributed by atoms with Crippen molar-refractivity contribution < 1.29 is 19.1 Å². The number of aryl methyl sites for hydroxylation is 1. The summed E-state index contributed by atoms with van der Waals surface area (Å²) in [5.41, 5.74) is 2.41. The van der Waals surface area contributed by atoms with E-state index in [0.717, 1.165) is 12.1 Å². The molecule has 0 saturated heterocycles. The molecule has 3 aromatic rings. The Morgan fingerprint density at radius 3 is 2.42 bits per heavy atom. The lowest BCUT2D eigenvalue weighted by atomic mass is 10.1. The lowest BCUT2D eigenvalue weighted by molar-refractivity contribution is -0.113. The van der Waals surface area contributed by atoms with Gasteiger partial charge < -0.3 is 24.7 Å². The first-order chi connectivity index (χ1) is 15.9. The molecule has 2 amide bonds. The Morgan fingerprint density at radius 2 is 1.76 bits per heavy atom. The van der Waals surface area contributed by atoms with Gasteiger partial charge in [-0.05, 0) is 42.3 Å². The molecule has 0 aliphatic heterocycles. The number of anilines is 1. The van der Waals surface area contributed by atoms with Crippen LogP contribution in [0.25, 0.3) is 0 Å². The minimum absolute atomic E-state index is 0.129. The van der Waals surface area contributed by atoms with Crippen molar-refractivity contribution in [1.29, 1.82) is 0 Å². The van der Waals surface area contributed by atoms with Gasteiger partial charge in [-0.2, -0.15) is 0 Å². The molecule has 9 nitrogen and oxygen atoms in total. The van der Waals surface area contributed by atoms with E-state index >= 15 is 0 Å². The van der Waals surface area contributed by atoms with Gasteiger partial charge in [0.2, 0.25) is 5.91 Å². The van der Waals surface area contributed by atoms with Crippen LogP contribution in [0.5, 0.6) is 11.5 Å². The molecule has 33 heavy (non-hydrogen) atoms. The lowest BCUT2D eigenvalue weighted by Gasteiger charge is -2.10. The number of methoxy groups -OCH3 is 2. The van der Waals surface area contributed by atoms with Gasteiger partial charge in [0.25, 0.3) is 5.91 Å². The number of nitrogens with one attached hydrogen (secondary N) is 2. The molecule has 0 spiro atoms. The second kappa shape index (κ2) is 11.4. The van der Waals surface area contributed by atoms with E-state index < -0.39 is 0 Å². The zero-order valence-electron chi connectivity index (χ0n) is 19.0. The Kier molecular flexibility index (Phi) is 8.31. The molecule has 0 aliphatic carbocycles. The summed E-state index contributed by atoms with van der Waals surface area (Å²) in [7, 11) is 4.84. The maximum atomic E-state index is 12.5. The van der Waals surface area contributed by atoms with Gasteiger partial charge in [-0.15, -0.1) is 10.2 Å². The number of thioether (sulfide) groups is 1. The van der Waals surface area contributed by atoms with Gasteiger partial charge >= 0.3 is 0 Å². The maximum absolute atomic E-state index is 12.5. The molecular formula is C23H27N5O4S. The molecule has 0 atom stereocenters. The average Bonchev–Trinajstić information content (AvgIpc) is 3.20. The Bertz CT molecular complexity index is 1110. The summed E-state index contributed by atoms with van der Waals surface area (Å²) in [6.07, 6.45) is 0.952. The van der Waals surface area contributed by atoms with E-state index in [1.165, 1.54) is 31.5 Å². The highest BCUT2D eigenvalue weighted by atomic mass is 32.2. The molecule has 3 rings (SSSR count). The molecule has 1 heterocycles. The van der Waals surface area contributed by atoms with Crippen LogP contribution in [0.15, 0.2) is 47.6 Å². The van der Waals surface area contributed by atoms with Crippen LogP contribution in [-0.4, -0.2) is 46.6 Å². The first-order valence-corrected chi connectivity index (χ1v) is 11.3. The normalized spacial score (nSPS) is 10.5. The highest BCUT2D eigenvalue weighted by Crippen LogP contribution is 2.27. The van der Waals surface area contributed by atoms with Gasteiger partial charge in [-0.1, -0.05) is 30.8 Å². The fourth-order valence-electron chi connectivity index (χ4n) is 3.01. The second-order valence-corrected chi connectivity index (χ2v) is 8.04. The number of ether oxygens (including phenoxy) is 2. The predicted octanol–water partition coefficient (Wildman–Crippen LogP) is 3.06. The summed E-state index contributed by atoms with van der Waals surface area (Å²) >= 11 is 1.28. The molecule has 0 radical (unpaired) electrons. The van der Waals surface area contributed by atoms with Crippen molar-refractivity contribution in [2.75, 3.05) is 25.3 Å². The van der Waals surface area contributed by atoms with Crippen LogP contribution in [0, 0.1) is 0 Å². The quantitative estimate of drug-likeness (QED) is 0.440. The summed E-state index contributed by atoms with van der Waals surface area (Å²) in [6, 6.07) is 12.7. The van der Waals surface area contributed by atoms with Gasteiger partial charge in [0, 0.05) is 18.3 Å². The van der Waals surface area contributed by atoms with Gasteiger partial charge in [0.1, 0.15) is 0 Å². The number of aromatic nitrogens is 3. The Morgan fingerprint density at radius 1 is 1.03 bits per heavy atom. The third-order valence-electron chi connectivity index (χ3n) is 4.96. The largest absolute Gasteiger partial charge is 0.493 e. The van der Waals surface area contributed by atoms with E-state index in [-0.39, 0.29) is 24.1 Å². The fraction of sp³-hybridized carbons (Fsp3) is 0.304. The first kappa shape index (κ1) is 24.1. The van der Waals surface area contributed by atoms with Gasteiger partial charge in [-0.25, -0.2) is 0 Å². The standard InChI is InChI=1S/C23H27N5O4S/c1-5-15-6-9-17(10-7-15)25-21(29)14-33-23-27-26-20(28(23)2)13-24-22(30)16-8-11-18(31-3)19(12-16)32-4/h6-12H,5,13-14H2,1-4H3,(H,24,30)(H,25,29). The topological polar surface area (TPSA) is 107 Å². The van der Waals surface area contributed by atoms with Crippen LogP contribution in [-0.2, 0) is 24.8 Å². The number of carbonyl (C=O) groups is 2. The van der Waals surface area contributed by atoms with Crippen LogP contribution in [0.3, 0.4) is 0 Å². The summed E-state index contributed by atoms with van der Waals surface area (Å²) < 4.78 is 12.2. The summed E-state index contributed by atoms with van der Waals surface area (Å²) in [6.45, 7) is 2.27. The van der Waals surface area contributed by atoms with Crippen molar-refractivity contribution >= 4 is 29.3 Å². The molecule has 10 heteroatoms. The summed E-state index contributed by atoms with van der Waals surface area (Å²) in [5.74, 6) is 1.38. The van der Waals surface area contributed by atoms with Gasteiger partial charge in [0.05, 0.1) is 26.5 Å². The van der Waals surface area contributed by atoms with Crippen molar-refractivity contribution in [3.63, 3.8) is 0 Å². The lowest BCUT2D eigenvalue weighted by Crippen LogP contribution is -2.24. The van der Waals surface area contributed by atoms with E-state index in [0.29, 0.717) is 28.0 Å². The van der Waals surface area contributed by atoms with E-state index in [4.69, 9.17) is 9.47 Å². The molecular weight excluding hydrogens is 442 g/mol. The van der Waals surface area contributed by atoms with Crippen molar-refractivity contribution in [2.45, 2.75) is 25.0 Å². The highest BCUT2D eigenvalue weighted by Gasteiger charge is 2.14. The highest BCUT2D eigenvalue weighted by molar-refractivity contribution is 7.99. The fourth-order valence-corrected chi connectivity index (χ4v) is 3.74. The zero-order chi connectivity index (χ0) is 23.8. The number of hydrogen-bond donors (Lipinski definition) is 2. The number of hydrogen-bond acceptors (Lipinski definition) is 7. The molecule has 1 aromatic heterocycles. The molecule has 0 saturated carbocycles. The van der Waals surface area contributed by atoms with Crippen molar-refractivity contribution in [3.8, 4) is 11.5 Å². The van der Waals surface area contributed by atoms with E-state index in [1.54, 1.807) is 29.8 Å². The average molecular weight is 470 g/mol. The minimum atomic E-state index is -0.276. The van der Waals surface area contributed by atoms with Gasteiger partial charge in [0.15, 0.2) is 22.5 Å². The summed E-state index contributed by atoms with van der Waals surface area (Å²) in [4.78, 5) is 24.8. The van der Waals surface area contributed by atoms with Crippen molar-refractivity contribution in [3.05, 3.63) is 59.4 Å². The van der Waals surface area contributed by atoms with Gasteiger partial charge in [-0.3, -0.25) is 9.59 Å². The van der Waals surface area contributed by atoms with Crippen molar-refractivity contribution in [2.24, 2.45) is 7.05 Å². The molecule has 0 fully saturated rings. The molecule has 174 valence electrons. The second-order valence-electron chi connectivity index (χ2n) is 7.10. The van der Waals surface area contributed by atoms with Crippen LogP contribution >= 0.6 is 11.8 Å². The number of amides is 2. The summed E-state index contributed by atoms with van der Waals surface area (Å²) in [5, 5.41) is 14.5. The Hall–Kier alpha value is -3.53. The number of benzene rings is 2. The minimum Gasteiger partial charge on any atom is -0.493 e. The zero-order valence-corrected chi connectivity index (χ0v) is 19.9. The van der Waals surface area contributed by atoms with E-state index in [1.807, 2.05) is 24.3 Å². The number of rotatable bonds is 10. The predicted molar refractivity (Wildman–Crippen MR) is 127 cm³/mol. The van der Waals surface area contributed by atoms with Crippen molar-refractivity contribution in [1.82, 2.24) is 20.1 Å². The first-order valence-electron chi connectivity index (χ1n) is 10.3. The molecule has 0 bridgehead atoms. The van der Waals surface area contributed by atoms with Crippen LogP contribution in [0.4, 0.5) is 5.69 Å². The molecule has 2 N–H and O–H groups in total. The van der Waals surface area contributed by atoms with E-state index in [2.05, 4.69) is 27.8 Å². The smallest absolute Gasteiger partial charge is 0.251 e. The molecule has 0 unspecified atom stereocenters. The van der Waals surface area contributed by atoms with E-state index in [9.17, 15) is 9.59 Å².